The quantitative estimate of drug-likeness (QED) is 0.557. The molecule has 0 spiro atoms. The molecule has 0 rings (SSSR count). The van der Waals surface area contributed by atoms with Gasteiger partial charge < -0.3 is 5.73 Å². The van der Waals surface area contributed by atoms with Crippen molar-refractivity contribution < 1.29 is 0 Å². The topological polar surface area (TPSA) is 38.4 Å². The lowest BCUT2D eigenvalue weighted by Crippen LogP contribution is -1.96. The zero-order valence-corrected chi connectivity index (χ0v) is 6.31. The molecule has 0 aliphatic carbocycles. The van der Waals surface area contributed by atoms with E-state index in [1.165, 1.54) is 0 Å². The molecule has 9 heavy (non-hydrogen) atoms. The van der Waals surface area contributed by atoms with Crippen LogP contribution < -0.4 is 5.73 Å². The summed E-state index contributed by atoms with van der Waals surface area (Å²) >= 11 is 0. The fourth-order valence-corrected chi connectivity index (χ4v) is 0.330. The lowest BCUT2D eigenvalue weighted by atomic mass is 10.3. The molecule has 0 radical (unpaired) electrons. The highest BCUT2D eigenvalue weighted by atomic mass is 14.7. The standard InChI is InChI=1S/C7H14N2/c1-4-9-5-6(2)7(3)8/h5H,4,8H2,1-3H3. The first-order valence-electron chi connectivity index (χ1n) is 3.11. The van der Waals surface area contributed by atoms with Crippen molar-refractivity contribution >= 4 is 6.21 Å². The minimum Gasteiger partial charge on any atom is -0.402 e. The number of hydrogen-bond acceptors (Lipinski definition) is 2. The fraction of sp³-hybridized carbons (Fsp3) is 0.571. The molecule has 0 heterocycles. The van der Waals surface area contributed by atoms with Crippen LogP contribution in [0.25, 0.3) is 0 Å². The van der Waals surface area contributed by atoms with E-state index < -0.39 is 0 Å². The minimum atomic E-state index is 0.824. The minimum absolute atomic E-state index is 0.824. The molecule has 0 unspecified atom stereocenters. The monoisotopic (exact) mass is 126 g/mol. The number of nitrogens with zero attached hydrogens (tertiary/aromatic N) is 1. The molecular weight excluding hydrogens is 112 g/mol. The van der Waals surface area contributed by atoms with Crippen LogP contribution in [0.5, 0.6) is 0 Å². The highest BCUT2D eigenvalue weighted by molar-refractivity contribution is 5.78. The molecule has 0 aromatic heterocycles. The van der Waals surface area contributed by atoms with Gasteiger partial charge >= 0.3 is 0 Å². The van der Waals surface area contributed by atoms with Crippen LogP contribution >= 0.6 is 0 Å². The van der Waals surface area contributed by atoms with Crippen LogP contribution in [0.3, 0.4) is 0 Å². The molecule has 2 heteroatoms. The van der Waals surface area contributed by atoms with Gasteiger partial charge in [0.25, 0.3) is 0 Å². The second-order valence-corrected chi connectivity index (χ2v) is 1.99. The van der Waals surface area contributed by atoms with Crippen LogP contribution in [0.15, 0.2) is 16.3 Å². The summed E-state index contributed by atoms with van der Waals surface area (Å²) in [4.78, 5) is 4.03. The predicted octanol–water partition coefficient (Wildman–Crippen LogP) is 1.33. The van der Waals surface area contributed by atoms with Gasteiger partial charge in [0.05, 0.1) is 0 Å². The first-order valence-corrected chi connectivity index (χ1v) is 3.11. The maximum absolute atomic E-state index is 5.47. The summed E-state index contributed by atoms with van der Waals surface area (Å²) in [6, 6.07) is 0. The van der Waals surface area contributed by atoms with Gasteiger partial charge in [0.15, 0.2) is 0 Å². The van der Waals surface area contributed by atoms with Gasteiger partial charge in [0.2, 0.25) is 0 Å². The Morgan fingerprint density at radius 2 is 2.11 bits per heavy atom. The van der Waals surface area contributed by atoms with Crippen molar-refractivity contribution in [2.24, 2.45) is 10.7 Å². The number of nitrogens with two attached hydrogens (primary N) is 1. The van der Waals surface area contributed by atoms with Crippen molar-refractivity contribution in [1.82, 2.24) is 0 Å². The van der Waals surface area contributed by atoms with Crippen LogP contribution in [0.4, 0.5) is 0 Å². The maximum Gasteiger partial charge on any atom is 0.0361 e. The third-order valence-corrected chi connectivity index (χ3v) is 1.09. The Morgan fingerprint density at radius 1 is 1.56 bits per heavy atom. The first-order chi connectivity index (χ1) is 4.18. The van der Waals surface area contributed by atoms with Crippen molar-refractivity contribution in [3.8, 4) is 0 Å². The van der Waals surface area contributed by atoms with Crippen molar-refractivity contribution in [3.05, 3.63) is 11.3 Å². The number of aliphatic imine (C=N–C) groups is 1. The summed E-state index contributed by atoms with van der Waals surface area (Å²) in [6.07, 6.45) is 1.80. The zero-order valence-electron chi connectivity index (χ0n) is 6.31. The Balaban J connectivity index is 3.91. The van der Waals surface area contributed by atoms with Crippen molar-refractivity contribution in [3.63, 3.8) is 0 Å². The summed E-state index contributed by atoms with van der Waals surface area (Å²) < 4.78 is 0. The van der Waals surface area contributed by atoms with Crippen molar-refractivity contribution in [2.45, 2.75) is 20.8 Å². The van der Waals surface area contributed by atoms with Gasteiger partial charge in [-0.3, -0.25) is 4.99 Å². The fourth-order valence-electron chi connectivity index (χ4n) is 0.330. The van der Waals surface area contributed by atoms with E-state index in [2.05, 4.69) is 4.99 Å². The SMILES string of the molecule is CCN=CC(C)=C(C)N. The Bertz CT molecular complexity index is 130. The molecule has 0 aliphatic rings. The molecule has 0 aromatic rings. The summed E-state index contributed by atoms with van der Waals surface area (Å²) in [7, 11) is 0. The Kier molecular flexibility index (Phi) is 3.76. The lowest BCUT2D eigenvalue weighted by Gasteiger charge is -1.92. The smallest absolute Gasteiger partial charge is 0.0361 e. The average molecular weight is 126 g/mol. The van der Waals surface area contributed by atoms with Crippen LogP contribution in [0.2, 0.25) is 0 Å². The van der Waals surface area contributed by atoms with E-state index >= 15 is 0 Å². The van der Waals surface area contributed by atoms with Crippen molar-refractivity contribution in [1.29, 1.82) is 0 Å². The molecule has 0 aliphatic heterocycles. The van der Waals surface area contributed by atoms with Crippen molar-refractivity contribution in [2.75, 3.05) is 6.54 Å². The van der Waals surface area contributed by atoms with E-state index in [0.29, 0.717) is 0 Å². The summed E-state index contributed by atoms with van der Waals surface area (Å²) in [5.41, 5.74) is 7.36. The van der Waals surface area contributed by atoms with Crippen LogP contribution in [0, 0.1) is 0 Å². The molecule has 2 nitrogen and oxygen atoms in total. The van der Waals surface area contributed by atoms with Crippen LogP contribution in [0.1, 0.15) is 20.8 Å². The van der Waals surface area contributed by atoms with E-state index in [9.17, 15) is 0 Å². The Morgan fingerprint density at radius 3 is 2.44 bits per heavy atom. The average Bonchev–Trinajstić information content (AvgIpc) is 1.82. The normalized spacial score (nSPS) is 14.1. The van der Waals surface area contributed by atoms with Gasteiger partial charge in [-0.25, -0.2) is 0 Å². The third-order valence-electron chi connectivity index (χ3n) is 1.09. The molecule has 0 atom stereocenters. The molecule has 0 bridgehead atoms. The number of allylic oxidation sites excluding steroid dienone is 2. The summed E-state index contributed by atoms with van der Waals surface area (Å²) in [6.45, 7) is 6.64. The largest absolute Gasteiger partial charge is 0.402 e. The molecule has 0 fully saturated rings. The van der Waals surface area contributed by atoms with Gasteiger partial charge in [-0.1, -0.05) is 0 Å². The van der Waals surface area contributed by atoms with Crippen LogP contribution in [-0.2, 0) is 0 Å². The van der Waals surface area contributed by atoms with Gasteiger partial charge in [-0.2, -0.15) is 0 Å². The summed E-state index contributed by atoms with van der Waals surface area (Å²) in [5, 5.41) is 0. The highest BCUT2D eigenvalue weighted by Gasteiger charge is 1.83. The van der Waals surface area contributed by atoms with Gasteiger partial charge in [-0.05, 0) is 26.3 Å². The molecule has 0 amide bonds. The number of rotatable bonds is 2. The van der Waals surface area contributed by atoms with E-state index in [0.717, 1.165) is 17.8 Å². The molecule has 52 valence electrons. The van der Waals surface area contributed by atoms with Gasteiger partial charge in [-0.15, -0.1) is 0 Å². The van der Waals surface area contributed by atoms with E-state index in [-0.39, 0.29) is 0 Å². The Hall–Kier alpha value is -0.790. The predicted molar refractivity (Wildman–Crippen MR) is 41.6 cm³/mol. The zero-order chi connectivity index (χ0) is 7.28. The highest BCUT2D eigenvalue weighted by Crippen LogP contribution is 1.91. The van der Waals surface area contributed by atoms with E-state index in [1.807, 2.05) is 20.8 Å². The summed E-state index contributed by atoms with van der Waals surface area (Å²) in [5.74, 6) is 0. The van der Waals surface area contributed by atoms with E-state index in [1.54, 1.807) is 6.21 Å². The number of hydrogen-bond donors (Lipinski definition) is 1. The Labute approximate surface area is 56.5 Å². The maximum atomic E-state index is 5.47. The molecule has 2 N–H and O–H groups in total. The van der Waals surface area contributed by atoms with Gasteiger partial charge in [0.1, 0.15) is 0 Å². The molecule has 0 saturated heterocycles. The van der Waals surface area contributed by atoms with Gasteiger partial charge in [0, 0.05) is 18.5 Å². The first kappa shape index (κ1) is 8.21. The second kappa shape index (κ2) is 4.13. The van der Waals surface area contributed by atoms with Crippen LogP contribution in [-0.4, -0.2) is 12.8 Å². The second-order valence-electron chi connectivity index (χ2n) is 1.99. The third kappa shape index (κ3) is 3.76. The lowest BCUT2D eigenvalue weighted by molar-refractivity contribution is 1.13. The molecule has 0 aromatic carbocycles. The molecular formula is C7H14N2. The molecule has 0 saturated carbocycles. The van der Waals surface area contributed by atoms with E-state index in [4.69, 9.17) is 5.73 Å².